The molecule has 9 nitrogen and oxygen atoms in total. The smallest absolute Gasteiger partial charge is 0.328 e. The molecule has 1 saturated heterocycles. The summed E-state index contributed by atoms with van der Waals surface area (Å²) in [5.74, 6) is -0.646. The molecule has 2 aliphatic carbocycles. The predicted octanol–water partition coefficient (Wildman–Crippen LogP) is 3.27. The van der Waals surface area contributed by atoms with Crippen molar-refractivity contribution < 1.29 is 27.5 Å². The minimum absolute atomic E-state index is 0.0338. The van der Waals surface area contributed by atoms with Gasteiger partial charge in [-0.05, 0) is 50.4 Å². The Hall–Kier alpha value is -1.84. The van der Waals surface area contributed by atoms with Crippen LogP contribution in [0.1, 0.15) is 87.5 Å². The number of ether oxygens (including phenoxy) is 1. The number of hydrogen-bond acceptors (Lipinski definition) is 6. The highest BCUT2D eigenvalue weighted by atomic mass is 32.2. The molecule has 4 atom stereocenters. The van der Waals surface area contributed by atoms with Crippen LogP contribution >= 0.6 is 0 Å². The maximum absolute atomic E-state index is 13.8. The molecule has 0 aromatic heterocycles. The number of hydrogen-bond donors (Lipinski definition) is 2. The highest BCUT2D eigenvalue weighted by Gasteiger charge is 2.70. The number of amides is 3. The first-order valence-electron chi connectivity index (χ1n) is 13.5. The third-order valence-electron chi connectivity index (χ3n) is 8.91. The van der Waals surface area contributed by atoms with Crippen molar-refractivity contribution in [1.29, 1.82) is 0 Å². The summed E-state index contributed by atoms with van der Waals surface area (Å²) < 4.78 is 30.3. The van der Waals surface area contributed by atoms with Crippen molar-refractivity contribution in [1.82, 2.24) is 15.5 Å². The maximum Gasteiger partial charge on any atom is 0.328 e. The minimum atomic E-state index is -3.49. The SMILES string of the molecule is COC(=O)C1C2C(CN1C(=O)C(NC(=O)NC1(CS(=O)(=O)C(C)(C)C)CCCCC1)C(C)(C)C)C2(C)C. The van der Waals surface area contributed by atoms with Gasteiger partial charge in [0.25, 0.3) is 0 Å². The normalized spacial score (nSPS) is 27.6. The zero-order valence-corrected chi connectivity index (χ0v) is 24.9. The number of carbonyl (C=O) groups is 3. The van der Waals surface area contributed by atoms with E-state index in [0.717, 1.165) is 19.3 Å². The van der Waals surface area contributed by atoms with Gasteiger partial charge >= 0.3 is 12.0 Å². The number of fused-ring (bicyclic) bond motifs is 1. The highest BCUT2D eigenvalue weighted by molar-refractivity contribution is 7.92. The van der Waals surface area contributed by atoms with E-state index in [2.05, 4.69) is 24.5 Å². The van der Waals surface area contributed by atoms with E-state index in [1.54, 1.807) is 25.7 Å². The van der Waals surface area contributed by atoms with Gasteiger partial charge in [-0.2, -0.15) is 0 Å². The molecule has 212 valence electrons. The van der Waals surface area contributed by atoms with Gasteiger partial charge in [-0.25, -0.2) is 18.0 Å². The van der Waals surface area contributed by atoms with Crippen LogP contribution in [-0.2, 0) is 24.2 Å². The molecule has 2 saturated carbocycles. The second-order valence-corrected chi connectivity index (χ2v) is 16.8. The number of likely N-dealkylation sites (tertiary alicyclic amines) is 1. The summed E-state index contributed by atoms with van der Waals surface area (Å²) in [6, 6.07) is -2.13. The minimum Gasteiger partial charge on any atom is -0.467 e. The average molecular weight is 542 g/mol. The first kappa shape index (κ1) is 29.7. The molecule has 0 bridgehead atoms. The Bertz CT molecular complexity index is 1020. The van der Waals surface area contributed by atoms with Crippen LogP contribution in [0.5, 0.6) is 0 Å². The molecular weight excluding hydrogens is 494 g/mol. The fourth-order valence-electron chi connectivity index (χ4n) is 6.24. The van der Waals surface area contributed by atoms with Crippen LogP contribution in [0, 0.1) is 22.7 Å². The zero-order chi connectivity index (χ0) is 28.2. The first-order chi connectivity index (χ1) is 16.8. The van der Waals surface area contributed by atoms with E-state index in [1.807, 2.05) is 20.8 Å². The fraction of sp³-hybridized carbons (Fsp3) is 0.889. The van der Waals surface area contributed by atoms with E-state index in [0.29, 0.717) is 19.4 Å². The number of nitrogens with one attached hydrogen (secondary N) is 2. The Kier molecular flexibility index (Phi) is 7.81. The molecule has 1 heterocycles. The Morgan fingerprint density at radius 1 is 1.03 bits per heavy atom. The van der Waals surface area contributed by atoms with E-state index in [4.69, 9.17) is 4.74 Å². The summed E-state index contributed by atoms with van der Waals surface area (Å²) in [6.45, 7) is 15.3. The number of rotatable bonds is 6. The van der Waals surface area contributed by atoms with Crippen molar-refractivity contribution in [2.75, 3.05) is 19.4 Å². The van der Waals surface area contributed by atoms with E-state index in [9.17, 15) is 22.8 Å². The molecular formula is C27H47N3O6S. The molecule has 0 radical (unpaired) electrons. The Labute approximate surface area is 222 Å². The van der Waals surface area contributed by atoms with Crippen LogP contribution < -0.4 is 10.6 Å². The van der Waals surface area contributed by atoms with Crippen LogP contribution in [0.15, 0.2) is 0 Å². The van der Waals surface area contributed by atoms with Gasteiger partial charge in [0.1, 0.15) is 12.1 Å². The van der Waals surface area contributed by atoms with Gasteiger partial charge in [0, 0.05) is 12.5 Å². The van der Waals surface area contributed by atoms with E-state index < -0.39 is 49.6 Å². The molecule has 4 unspecified atom stereocenters. The van der Waals surface area contributed by atoms with Crippen molar-refractivity contribution in [2.24, 2.45) is 22.7 Å². The monoisotopic (exact) mass is 541 g/mol. The van der Waals surface area contributed by atoms with Gasteiger partial charge < -0.3 is 20.3 Å². The molecule has 0 aromatic carbocycles. The molecule has 10 heteroatoms. The third kappa shape index (κ3) is 5.78. The first-order valence-corrected chi connectivity index (χ1v) is 15.1. The van der Waals surface area contributed by atoms with Crippen molar-refractivity contribution in [2.45, 2.75) is 110 Å². The Morgan fingerprint density at radius 3 is 2.08 bits per heavy atom. The number of nitrogens with zero attached hydrogens (tertiary/aromatic N) is 1. The summed E-state index contributed by atoms with van der Waals surface area (Å²) >= 11 is 0. The lowest BCUT2D eigenvalue weighted by Crippen LogP contribution is -2.63. The highest BCUT2D eigenvalue weighted by Crippen LogP contribution is 2.65. The van der Waals surface area contributed by atoms with Gasteiger partial charge in [-0.3, -0.25) is 4.79 Å². The molecule has 0 spiro atoms. The quantitative estimate of drug-likeness (QED) is 0.498. The topological polar surface area (TPSA) is 122 Å². The van der Waals surface area contributed by atoms with Crippen LogP contribution in [0.25, 0.3) is 0 Å². The standard InChI is InChI=1S/C27H47N3O6S/c1-24(2,3)20(21(31)30-15-17-18(26(17,7)8)19(30)22(32)36-9)28-23(33)29-27(13-11-10-12-14-27)16-37(34,35)25(4,5)6/h17-20H,10-16H2,1-9H3,(H2,28,29,33). The van der Waals surface area contributed by atoms with Gasteiger partial charge in [0.15, 0.2) is 9.84 Å². The van der Waals surface area contributed by atoms with Crippen molar-refractivity contribution in [3.63, 3.8) is 0 Å². The molecule has 1 aliphatic heterocycles. The van der Waals surface area contributed by atoms with Gasteiger partial charge in [-0.1, -0.05) is 53.9 Å². The molecule has 3 aliphatic rings. The largest absolute Gasteiger partial charge is 0.467 e. The van der Waals surface area contributed by atoms with Crippen LogP contribution in [0.4, 0.5) is 4.79 Å². The molecule has 3 amide bonds. The third-order valence-corrected chi connectivity index (χ3v) is 11.7. The summed E-state index contributed by atoms with van der Waals surface area (Å²) in [5, 5.41) is 5.86. The van der Waals surface area contributed by atoms with Crippen LogP contribution in [0.2, 0.25) is 0 Å². The number of urea groups is 1. The molecule has 2 N–H and O–H groups in total. The lowest BCUT2D eigenvalue weighted by Gasteiger charge is -2.41. The predicted molar refractivity (Wildman–Crippen MR) is 143 cm³/mol. The van der Waals surface area contributed by atoms with Crippen molar-refractivity contribution in [3.8, 4) is 0 Å². The van der Waals surface area contributed by atoms with Crippen molar-refractivity contribution in [3.05, 3.63) is 0 Å². The van der Waals surface area contributed by atoms with Crippen LogP contribution in [-0.4, -0.2) is 73.0 Å². The summed E-state index contributed by atoms with van der Waals surface area (Å²) in [7, 11) is -2.16. The second-order valence-electron chi connectivity index (χ2n) is 14.0. The van der Waals surface area contributed by atoms with Gasteiger partial charge in [0.2, 0.25) is 5.91 Å². The van der Waals surface area contributed by atoms with E-state index >= 15 is 0 Å². The number of carbonyl (C=O) groups excluding carboxylic acids is 3. The average Bonchev–Trinajstić information content (AvgIpc) is 3.08. The zero-order valence-electron chi connectivity index (χ0n) is 24.1. The fourth-order valence-corrected chi connectivity index (χ4v) is 7.76. The number of sulfone groups is 1. The number of piperidine rings is 1. The molecule has 3 fully saturated rings. The van der Waals surface area contributed by atoms with Crippen LogP contribution in [0.3, 0.4) is 0 Å². The maximum atomic E-state index is 13.8. The van der Waals surface area contributed by atoms with Gasteiger partial charge in [-0.15, -0.1) is 0 Å². The lowest BCUT2D eigenvalue weighted by molar-refractivity contribution is -0.154. The van der Waals surface area contributed by atoms with Crippen molar-refractivity contribution >= 4 is 27.7 Å². The Balaban J connectivity index is 1.81. The van der Waals surface area contributed by atoms with Gasteiger partial charge in [0.05, 0.1) is 23.1 Å². The molecule has 3 rings (SSSR count). The molecule has 37 heavy (non-hydrogen) atoms. The summed E-state index contributed by atoms with van der Waals surface area (Å²) in [5.41, 5.74) is -1.56. The summed E-state index contributed by atoms with van der Waals surface area (Å²) in [6.07, 6.45) is 3.79. The van der Waals surface area contributed by atoms with E-state index in [-0.39, 0.29) is 28.9 Å². The van der Waals surface area contributed by atoms with E-state index in [1.165, 1.54) is 7.11 Å². The number of esters is 1. The Morgan fingerprint density at radius 2 is 1.59 bits per heavy atom. The second kappa shape index (κ2) is 9.72. The molecule has 0 aromatic rings. The summed E-state index contributed by atoms with van der Waals surface area (Å²) in [4.78, 5) is 41.5. The number of methoxy groups -OCH3 is 1. The lowest BCUT2D eigenvalue weighted by atomic mass is 9.83.